The number of aromatic nitrogens is 2. The molecule has 1 saturated heterocycles. The summed E-state index contributed by atoms with van der Waals surface area (Å²) in [4.78, 5) is 31.6. The number of pyridine rings is 2. The third kappa shape index (κ3) is 5.04. The van der Waals surface area contributed by atoms with E-state index in [-0.39, 0.29) is 23.5 Å². The Labute approximate surface area is 194 Å². The van der Waals surface area contributed by atoms with Crippen LogP contribution in [0.15, 0.2) is 53.6 Å². The summed E-state index contributed by atoms with van der Waals surface area (Å²) in [6, 6.07) is 8.76. The van der Waals surface area contributed by atoms with Gasteiger partial charge in [-0.05, 0) is 42.3 Å². The smallest absolute Gasteiger partial charge is 0.378 e. The molecule has 3 heterocycles. The summed E-state index contributed by atoms with van der Waals surface area (Å²) in [6.45, 7) is 4.21. The van der Waals surface area contributed by atoms with E-state index in [9.17, 15) is 22.8 Å². The minimum atomic E-state index is -4.50. The van der Waals surface area contributed by atoms with E-state index < -0.39 is 11.7 Å². The van der Waals surface area contributed by atoms with Crippen molar-refractivity contribution in [3.8, 4) is 11.1 Å². The molecule has 6 nitrogen and oxygen atoms in total. The topological polar surface area (TPSA) is 64.4 Å². The van der Waals surface area contributed by atoms with Gasteiger partial charge in [-0.3, -0.25) is 14.6 Å². The number of rotatable bonds is 5. The van der Waals surface area contributed by atoms with Crippen LogP contribution in [0.3, 0.4) is 0 Å². The second kappa shape index (κ2) is 9.42. The molecule has 0 spiro atoms. The Kier molecular flexibility index (Phi) is 6.56. The molecule has 0 amide bonds. The number of carbonyl (C=O) groups is 1. The first-order valence-corrected chi connectivity index (χ1v) is 10.8. The van der Waals surface area contributed by atoms with Gasteiger partial charge in [0, 0.05) is 49.4 Å². The van der Waals surface area contributed by atoms with Crippen LogP contribution in [-0.4, -0.2) is 41.6 Å². The van der Waals surface area contributed by atoms with E-state index in [0.29, 0.717) is 37.6 Å². The Morgan fingerprint density at radius 1 is 1.12 bits per heavy atom. The standard InChI is InChI=1S/C25H24F3N3O3/c1-16-3-4-17(23(32)14-20-13-19(5-6-29-20)25(26,27)28)11-21(16)18-12-22(24(33)30(2)15-18)31-7-9-34-10-8-31/h3-6,11-13,15H,7-10,14H2,1-2H3. The normalized spacial score (nSPS) is 14.3. The van der Waals surface area contributed by atoms with E-state index in [1.165, 1.54) is 4.57 Å². The molecular formula is C25H24F3N3O3. The molecule has 3 aromatic rings. The van der Waals surface area contributed by atoms with Crippen LogP contribution < -0.4 is 10.5 Å². The predicted molar refractivity (Wildman–Crippen MR) is 122 cm³/mol. The Morgan fingerprint density at radius 3 is 2.56 bits per heavy atom. The quantitative estimate of drug-likeness (QED) is 0.526. The van der Waals surface area contributed by atoms with Crippen LogP contribution in [0, 0.1) is 6.92 Å². The van der Waals surface area contributed by atoms with Gasteiger partial charge in [0.1, 0.15) is 5.69 Å². The first-order chi connectivity index (χ1) is 16.1. The number of anilines is 1. The molecule has 0 saturated carbocycles. The highest BCUT2D eigenvalue weighted by Gasteiger charge is 2.30. The van der Waals surface area contributed by atoms with Gasteiger partial charge < -0.3 is 14.2 Å². The third-order valence-electron chi connectivity index (χ3n) is 5.87. The lowest BCUT2D eigenvalue weighted by molar-refractivity contribution is -0.137. The van der Waals surface area contributed by atoms with Crippen LogP contribution in [0.5, 0.6) is 0 Å². The number of ketones is 1. The van der Waals surface area contributed by atoms with Crippen molar-refractivity contribution in [3.05, 3.63) is 81.5 Å². The van der Waals surface area contributed by atoms with Gasteiger partial charge in [0.15, 0.2) is 5.78 Å². The van der Waals surface area contributed by atoms with Crippen LogP contribution in [0.4, 0.5) is 18.9 Å². The van der Waals surface area contributed by atoms with E-state index in [1.54, 1.807) is 31.4 Å². The van der Waals surface area contributed by atoms with Crippen molar-refractivity contribution in [1.82, 2.24) is 9.55 Å². The zero-order chi connectivity index (χ0) is 24.5. The van der Waals surface area contributed by atoms with E-state index >= 15 is 0 Å². The summed E-state index contributed by atoms with van der Waals surface area (Å²) < 4.78 is 45.9. The molecule has 0 aliphatic carbocycles. The highest BCUT2D eigenvalue weighted by atomic mass is 19.4. The highest BCUT2D eigenvalue weighted by Crippen LogP contribution is 2.30. The third-order valence-corrected chi connectivity index (χ3v) is 5.87. The first kappa shape index (κ1) is 23.7. The molecule has 34 heavy (non-hydrogen) atoms. The Hall–Kier alpha value is -3.46. The lowest BCUT2D eigenvalue weighted by Gasteiger charge is -2.29. The monoisotopic (exact) mass is 471 g/mol. The maximum atomic E-state index is 13.0. The second-order valence-corrected chi connectivity index (χ2v) is 8.29. The average Bonchev–Trinajstić information content (AvgIpc) is 2.81. The molecule has 1 aliphatic heterocycles. The molecule has 0 unspecified atom stereocenters. The molecular weight excluding hydrogens is 447 g/mol. The minimum Gasteiger partial charge on any atom is -0.378 e. The molecule has 1 fully saturated rings. The van der Waals surface area contributed by atoms with E-state index in [2.05, 4.69) is 4.98 Å². The highest BCUT2D eigenvalue weighted by molar-refractivity contribution is 5.98. The van der Waals surface area contributed by atoms with Crippen molar-refractivity contribution >= 4 is 11.5 Å². The molecule has 178 valence electrons. The molecule has 1 aliphatic rings. The number of alkyl halides is 3. The molecule has 1 aromatic carbocycles. The van der Waals surface area contributed by atoms with Crippen molar-refractivity contribution in [2.75, 3.05) is 31.2 Å². The van der Waals surface area contributed by atoms with Crippen LogP contribution in [-0.2, 0) is 24.4 Å². The van der Waals surface area contributed by atoms with Crippen LogP contribution >= 0.6 is 0 Å². The maximum absolute atomic E-state index is 13.0. The number of hydrogen-bond donors (Lipinski definition) is 0. The van der Waals surface area contributed by atoms with Gasteiger partial charge in [0.05, 0.1) is 25.2 Å². The summed E-state index contributed by atoms with van der Waals surface area (Å²) in [5.74, 6) is -0.341. The maximum Gasteiger partial charge on any atom is 0.416 e. The van der Waals surface area contributed by atoms with Crippen molar-refractivity contribution in [3.63, 3.8) is 0 Å². The number of benzene rings is 1. The van der Waals surface area contributed by atoms with E-state index in [0.717, 1.165) is 35.0 Å². The Balaban J connectivity index is 1.66. The fraction of sp³-hybridized carbons (Fsp3) is 0.320. The number of hydrogen-bond acceptors (Lipinski definition) is 5. The summed E-state index contributed by atoms with van der Waals surface area (Å²) in [5.41, 5.74) is 2.47. The molecule has 9 heteroatoms. The summed E-state index contributed by atoms with van der Waals surface area (Å²) in [6.07, 6.45) is -1.97. The second-order valence-electron chi connectivity index (χ2n) is 8.29. The van der Waals surface area contributed by atoms with Gasteiger partial charge in [-0.1, -0.05) is 12.1 Å². The van der Waals surface area contributed by atoms with Crippen molar-refractivity contribution in [2.45, 2.75) is 19.5 Å². The van der Waals surface area contributed by atoms with Gasteiger partial charge in [0.2, 0.25) is 0 Å². The number of carbonyl (C=O) groups excluding carboxylic acids is 1. The molecule has 0 radical (unpaired) electrons. The number of ether oxygens (including phenoxy) is 1. The molecule has 2 aromatic heterocycles. The van der Waals surface area contributed by atoms with Crippen molar-refractivity contribution < 1.29 is 22.7 Å². The van der Waals surface area contributed by atoms with Gasteiger partial charge in [0.25, 0.3) is 5.56 Å². The number of halogens is 3. The Morgan fingerprint density at radius 2 is 1.85 bits per heavy atom. The number of aryl methyl sites for hydroxylation is 2. The number of Topliss-reactive ketones (excluding diaryl/α,β-unsaturated/α-hetero) is 1. The van der Waals surface area contributed by atoms with Gasteiger partial charge in [-0.2, -0.15) is 13.2 Å². The largest absolute Gasteiger partial charge is 0.416 e. The van der Waals surface area contributed by atoms with Gasteiger partial charge in [-0.25, -0.2) is 0 Å². The van der Waals surface area contributed by atoms with Crippen LogP contribution in [0.2, 0.25) is 0 Å². The lowest BCUT2D eigenvalue weighted by Crippen LogP contribution is -2.40. The summed E-state index contributed by atoms with van der Waals surface area (Å²) in [7, 11) is 1.68. The van der Waals surface area contributed by atoms with Gasteiger partial charge in [-0.15, -0.1) is 0 Å². The Bertz CT molecular complexity index is 1280. The zero-order valence-corrected chi connectivity index (χ0v) is 18.9. The SMILES string of the molecule is Cc1ccc(C(=O)Cc2cc(C(F)(F)F)ccn2)cc1-c1cc(N2CCOCC2)c(=O)n(C)c1. The average molecular weight is 471 g/mol. The molecule has 0 N–H and O–H groups in total. The summed E-state index contributed by atoms with van der Waals surface area (Å²) >= 11 is 0. The zero-order valence-electron chi connectivity index (χ0n) is 18.9. The summed E-state index contributed by atoms with van der Waals surface area (Å²) in [5, 5.41) is 0. The molecule has 0 atom stereocenters. The molecule has 4 rings (SSSR count). The van der Waals surface area contributed by atoms with E-state index in [4.69, 9.17) is 4.74 Å². The van der Waals surface area contributed by atoms with Gasteiger partial charge >= 0.3 is 6.18 Å². The lowest BCUT2D eigenvalue weighted by atomic mass is 9.96. The fourth-order valence-electron chi connectivity index (χ4n) is 4.00. The van der Waals surface area contributed by atoms with E-state index in [1.807, 2.05) is 17.9 Å². The number of nitrogens with zero attached hydrogens (tertiary/aromatic N) is 3. The number of morpholine rings is 1. The minimum absolute atomic E-state index is 0.0543. The first-order valence-electron chi connectivity index (χ1n) is 10.8. The van der Waals surface area contributed by atoms with Crippen LogP contribution in [0.25, 0.3) is 11.1 Å². The van der Waals surface area contributed by atoms with Crippen LogP contribution in [0.1, 0.15) is 27.2 Å². The predicted octanol–water partition coefficient (Wildman–Crippen LogP) is 4.04. The molecule has 0 bridgehead atoms. The van der Waals surface area contributed by atoms with Crippen molar-refractivity contribution in [2.24, 2.45) is 7.05 Å². The fourth-order valence-corrected chi connectivity index (χ4v) is 4.00. The van der Waals surface area contributed by atoms with Crippen molar-refractivity contribution in [1.29, 1.82) is 0 Å².